The fourth-order valence-electron chi connectivity index (χ4n) is 4.60. The predicted molar refractivity (Wildman–Crippen MR) is 128 cm³/mol. The number of piperidine rings is 2. The molecular weight excluding hydrogens is 368 g/mol. The Balaban J connectivity index is 1.10. The summed E-state index contributed by atoms with van der Waals surface area (Å²) in [6, 6.07) is 18.2. The van der Waals surface area contributed by atoms with Gasteiger partial charge in [0.05, 0.1) is 0 Å². The fraction of sp³-hybridized carbons (Fsp3) is 0.538. The summed E-state index contributed by atoms with van der Waals surface area (Å²) >= 11 is 0. The van der Waals surface area contributed by atoms with E-state index in [1.165, 1.54) is 87.2 Å². The Morgan fingerprint density at radius 3 is 1.23 bits per heavy atom. The molecule has 0 bridgehead atoms. The molecule has 0 radical (unpaired) electrons. The Morgan fingerprint density at radius 2 is 0.867 bits per heavy atom. The molecule has 0 aliphatic carbocycles. The van der Waals surface area contributed by atoms with Crippen LogP contribution in [0.25, 0.3) is 0 Å². The van der Waals surface area contributed by atoms with Crippen molar-refractivity contribution in [3.05, 3.63) is 59.7 Å². The molecule has 2 aliphatic rings. The van der Waals surface area contributed by atoms with Gasteiger partial charge in [-0.25, -0.2) is 0 Å². The van der Waals surface area contributed by atoms with E-state index in [9.17, 15) is 0 Å². The van der Waals surface area contributed by atoms with E-state index in [0.717, 1.165) is 26.2 Å². The lowest BCUT2D eigenvalue weighted by Crippen LogP contribution is -2.29. The van der Waals surface area contributed by atoms with Crippen molar-refractivity contribution in [2.75, 3.05) is 49.1 Å². The summed E-state index contributed by atoms with van der Waals surface area (Å²) in [6.07, 6.45) is 8.10. The maximum absolute atomic E-state index is 3.56. The van der Waals surface area contributed by atoms with Gasteiger partial charge in [-0.1, -0.05) is 24.3 Å². The van der Waals surface area contributed by atoms with Crippen molar-refractivity contribution < 1.29 is 0 Å². The van der Waals surface area contributed by atoms with E-state index in [-0.39, 0.29) is 0 Å². The second-order valence-electron chi connectivity index (χ2n) is 8.78. The highest BCUT2D eigenvalue weighted by Crippen LogP contribution is 2.21. The minimum absolute atomic E-state index is 0.937. The van der Waals surface area contributed by atoms with E-state index >= 15 is 0 Å². The Kier molecular flexibility index (Phi) is 8.04. The number of nitrogens with one attached hydrogen (secondary N) is 2. The highest BCUT2D eigenvalue weighted by atomic mass is 15.1. The average Bonchev–Trinajstić information content (AvgIpc) is 2.83. The van der Waals surface area contributed by atoms with Crippen LogP contribution in [0.4, 0.5) is 11.4 Å². The lowest BCUT2D eigenvalue weighted by Gasteiger charge is -2.28. The summed E-state index contributed by atoms with van der Waals surface area (Å²) in [4.78, 5) is 5.04. The second kappa shape index (κ2) is 11.4. The van der Waals surface area contributed by atoms with Crippen molar-refractivity contribution in [2.45, 2.75) is 51.6 Å². The van der Waals surface area contributed by atoms with Crippen LogP contribution in [0.2, 0.25) is 0 Å². The molecule has 0 amide bonds. The number of benzene rings is 2. The molecule has 0 atom stereocenters. The number of rotatable bonds is 9. The molecule has 2 aromatic rings. The van der Waals surface area contributed by atoms with Crippen molar-refractivity contribution in [1.82, 2.24) is 10.6 Å². The van der Waals surface area contributed by atoms with Crippen molar-refractivity contribution in [1.29, 1.82) is 0 Å². The zero-order valence-corrected chi connectivity index (χ0v) is 18.4. The first-order chi connectivity index (χ1) is 14.9. The number of anilines is 2. The Hall–Kier alpha value is -2.04. The van der Waals surface area contributed by atoms with Crippen LogP contribution in [0.15, 0.2) is 48.5 Å². The summed E-state index contributed by atoms with van der Waals surface area (Å²) in [7, 11) is 0. The number of hydrogen-bond acceptors (Lipinski definition) is 4. The molecule has 0 unspecified atom stereocenters. The van der Waals surface area contributed by atoms with Crippen LogP contribution in [0.3, 0.4) is 0 Å². The first-order valence-electron chi connectivity index (χ1n) is 12.0. The molecule has 4 nitrogen and oxygen atoms in total. The van der Waals surface area contributed by atoms with Crippen molar-refractivity contribution >= 4 is 11.4 Å². The summed E-state index contributed by atoms with van der Waals surface area (Å²) in [6.45, 7) is 8.70. The standard InChI is InChI=1S/C26H38N4/c1-3-17-29(18-4-1)25-11-7-23(8-12-25)21-27-15-16-28-22-24-9-13-26(14-10-24)30-19-5-2-6-20-30/h7-14,27-28H,1-6,15-22H2. The molecular formula is C26H38N4. The second-order valence-corrected chi connectivity index (χ2v) is 8.78. The molecule has 4 heteroatoms. The molecule has 0 saturated carbocycles. The van der Waals surface area contributed by atoms with E-state index < -0.39 is 0 Å². The third kappa shape index (κ3) is 6.23. The van der Waals surface area contributed by atoms with Gasteiger partial charge in [0.2, 0.25) is 0 Å². The third-order valence-electron chi connectivity index (χ3n) is 6.45. The molecule has 2 aromatic carbocycles. The fourth-order valence-corrected chi connectivity index (χ4v) is 4.60. The van der Waals surface area contributed by atoms with Gasteiger partial charge in [-0.3, -0.25) is 0 Å². The number of nitrogens with zero attached hydrogens (tertiary/aromatic N) is 2. The smallest absolute Gasteiger partial charge is 0.0366 e. The largest absolute Gasteiger partial charge is 0.372 e. The summed E-state index contributed by atoms with van der Waals surface area (Å²) in [5.74, 6) is 0. The van der Waals surface area contributed by atoms with E-state index in [1.54, 1.807) is 0 Å². The molecule has 2 heterocycles. The van der Waals surface area contributed by atoms with Crippen LogP contribution in [-0.4, -0.2) is 39.3 Å². The lowest BCUT2D eigenvalue weighted by atomic mass is 10.1. The van der Waals surface area contributed by atoms with Gasteiger partial charge in [0.25, 0.3) is 0 Å². The van der Waals surface area contributed by atoms with Crippen LogP contribution < -0.4 is 20.4 Å². The molecule has 4 rings (SSSR count). The van der Waals surface area contributed by atoms with Crippen LogP contribution >= 0.6 is 0 Å². The minimum atomic E-state index is 0.937. The van der Waals surface area contributed by atoms with Crippen LogP contribution in [0.1, 0.15) is 49.7 Å². The van der Waals surface area contributed by atoms with Crippen molar-refractivity contribution in [2.24, 2.45) is 0 Å². The molecule has 0 aromatic heterocycles. The van der Waals surface area contributed by atoms with Gasteiger partial charge in [-0.05, 0) is 73.9 Å². The van der Waals surface area contributed by atoms with Gasteiger partial charge in [0.1, 0.15) is 0 Å². The van der Waals surface area contributed by atoms with Gasteiger partial charge in [-0.2, -0.15) is 0 Å². The van der Waals surface area contributed by atoms with Gasteiger partial charge >= 0.3 is 0 Å². The molecule has 162 valence electrons. The van der Waals surface area contributed by atoms with Gasteiger partial charge in [0.15, 0.2) is 0 Å². The lowest BCUT2D eigenvalue weighted by molar-refractivity contribution is 0.577. The highest BCUT2D eigenvalue weighted by Gasteiger charge is 2.11. The first-order valence-corrected chi connectivity index (χ1v) is 12.0. The predicted octanol–water partition coefficient (Wildman–Crippen LogP) is 4.55. The van der Waals surface area contributed by atoms with Crippen molar-refractivity contribution in [3.63, 3.8) is 0 Å². The zero-order valence-electron chi connectivity index (χ0n) is 18.4. The maximum Gasteiger partial charge on any atom is 0.0366 e. The monoisotopic (exact) mass is 406 g/mol. The van der Waals surface area contributed by atoms with Crippen molar-refractivity contribution in [3.8, 4) is 0 Å². The molecule has 2 fully saturated rings. The Bertz CT molecular complexity index is 663. The minimum Gasteiger partial charge on any atom is -0.372 e. The van der Waals surface area contributed by atoms with E-state index in [1.807, 2.05) is 0 Å². The highest BCUT2D eigenvalue weighted by molar-refractivity contribution is 5.48. The third-order valence-corrected chi connectivity index (χ3v) is 6.45. The van der Waals surface area contributed by atoms with E-state index in [2.05, 4.69) is 69.0 Å². The zero-order chi connectivity index (χ0) is 20.4. The molecule has 2 N–H and O–H groups in total. The molecule has 2 saturated heterocycles. The maximum atomic E-state index is 3.56. The Labute approximate surface area is 182 Å². The van der Waals surface area contributed by atoms with Gasteiger partial charge in [0, 0.05) is 63.7 Å². The normalized spacial score (nSPS) is 17.3. The quantitative estimate of drug-likeness (QED) is 0.598. The van der Waals surface area contributed by atoms with Crippen LogP contribution in [0.5, 0.6) is 0 Å². The summed E-state index contributed by atoms with van der Waals surface area (Å²) in [5, 5.41) is 7.11. The van der Waals surface area contributed by atoms with Gasteiger partial charge in [-0.15, -0.1) is 0 Å². The molecule has 0 spiro atoms. The number of hydrogen-bond donors (Lipinski definition) is 2. The van der Waals surface area contributed by atoms with E-state index in [0.29, 0.717) is 0 Å². The van der Waals surface area contributed by atoms with E-state index in [4.69, 9.17) is 0 Å². The topological polar surface area (TPSA) is 30.5 Å². The Morgan fingerprint density at radius 1 is 0.500 bits per heavy atom. The summed E-state index contributed by atoms with van der Waals surface area (Å²) in [5.41, 5.74) is 5.49. The summed E-state index contributed by atoms with van der Waals surface area (Å²) < 4.78 is 0. The first kappa shape index (κ1) is 21.2. The molecule has 30 heavy (non-hydrogen) atoms. The van der Waals surface area contributed by atoms with Gasteiger partial charge < -0.3 is 20.4 Å². The SMILES string of the molecule is c1cc(N2CCCCC2)ccc1CNCCNCc1ccc(N2CCCCC2)cc1. The van der Waals surface area contributed by atoms with Crippen LogP contribution in [0, 0.1) is 0 Å². The van der Waals surface area contributed by atoms with Crippen LogP contribution in [-0.2, 0) is 13.1 Å². The average molecular weight is 407 g/mol. The molecule has 2 aliphatic heterocycles.